The Morgan fingerprint density at radius 2 is 1.79 bits per heavy atom. The topological polar surface area (TPSA) is 83.9 Å². The Kier molecular flexibility index (Phi) is 6.01. The molecular formula is C26H24N6O. The zero-order chi connectivity index (χ0) is 22.5. The highest BCUT2D eigenvalue weighted by molar-refractivity contribution is 5.79. The number of carbonyl (C=O) groups is 1. The van der Waals surface area contributed by atoms with E-state index in [4.69, 9.17) is 9.97 Å². The van der Waals surface area contributed by atoms with E-state index in [1.54, 1.807) is 24.8 Å². The van der Waals surface area contributed by atoms with Crippen molar-refractivity contribution in [3.63, 3.8) is 0 Å². The maximum Gasteiger partial charge on any atom is 0.227 e. The van der Waals surface area contributed by atoms with Crippen LogP contribution in [0.15, 0.2) is 85.5 Å². The van der Waals surface area contributed by atoms with Gasteiger partial charge < -0.3 is 10.2 Å². The van der Waals surface area contributed by atoms with Crippen LogP contribution in [0.5, 0.6) is 0 Å². The van der Waals surface area contributed by atoms with E-state index in [-0.39, 0.29) is 11.9 Å². The lowest BCUT2D eigenvalue weighted by Gasteiger charge is -2.24. The number of hydrogen-bond donors (Lipinski definition) is 1. The first kappa shape index (κ1) is 20.8. The molecule has 4 aromatic rings. The van der Waals surface area contributed by atoms with Crippen molar-refractivity contribution < 1.29 is 4.79 Å². The van der Waals surface area contributed by atoms with E-state index in [1.165, 1.54) is 0 Å². The van der Waals surface area contributed by atoms with Gasteiger partial charge in [-0.25, -0.2) is 9.97 Å². The van der Waals surface area contributed by atoms with Crippen LogP contribution in [0.3, 0.4) is 0 Å². The summed E-state index contributed by atoms with van der Waals surface area (Å²) in [6.07, 6.45) is 9.06. The van der Waals surface area contributed by atoms with Crippen LogP contribution < -0.4 is 5.32 Å². The van der Waals surface area contributed by atoms with E-state index >= 15 is 0 Å². The van der Waals surface area contributed by atoms with Crippen molar-refractivity contribution in [1.29, 1.82) is 0 Å². The Labute approximate surface area is 192 Å². The van der Waals surface area contributed by atoms with Gasteiger partial charge in [0, 0.05) is 48.6 Å². The average molecular weight is 437 g/mol. The molecular weight excluding hydrogens is 412 g/mol. The fourth-order valence-corrected chi connectivity index (χ4v) is 4.12. The van der Waals surface area contributed by atoms with Gasteiger partial charge in [0.1, 0.15) is 5.82 Å². The van der Waals surface area contributed by atoms with Crippen LogP contribution in [-0.4, -0.2) is 37.3 Å². The number of para-hydroxylation sites is 1. The molecule has 0 radical (unpaired) electrons. The van der Waals surface area contributed by atoms with E-state index in [0.717, 1.165) is 35.3 Å². The van der Waals surface area contributed by atoms with Gasteiger partial charge in [0.15, 0.2) is 5.82 Å². The number of benzene rings is 1. The van der Waals surface area contributed by atoms with E-state index in [2.05, 4.69) is 15.3 Å². The van der Waals surface area contributed by atoms with Crippen molar-refractivity contribution in [2.45, 2.75) is 25.3 Å². The van der Waals surface area contributed by atoms with E-state index in [0.29, 0.717) is 24.6 Å². The SMILES string of the molecule is O=C(Cc1cccnc1)N1CCC[C@H]1c1nc(Nc2ccccc2)cc(-c2cccnc2)n1. The minimum Gasteiger partial charge on any atom is -0.340 e. The molecule has 0 bridgehead atoms. The number of nitrogens with zero attached hydrogens (tertiary/aromatic N) is 5. The molecule has 33 heavy (non-hydrogen) atoms. The predicted octanol–water partition coefficient (Wildman–Crippen LogP) is 4.58. The minimum atomic E-state index is -0.165. The van der Waals surface area contributed by atoms with Crippen LogP contribution in [0.1, 0.15) is 30.3 Å². The van der Waals surface area contributed by atoms with Crippen LogP contribution in [0, 0.1) is 0 Å². The molecule has 7 heteroatoms. The van der Waals surface area contributed by atoms with Gasteiger partial charge in [-0.1, -0.05) is 24.3 Å². The summed E-state index contributed by atoms with van der Waals surface area (Å²) >= 11 is 0. The third-order valence-corrected chi connectivity index (χ3v) is 5.70. The van der Waals surface area contributed by atoms with Crippen molar-refractivity contribution in [1.82, 2.24) is 24.8 Å². The van der Waals surface area contributed by atoms with Crippen LogP contribution in [0.4, 0.5) is 11.5 Å². The Bertz CT molecular complexity index is 1220. The summed E-state index contributed by atoms with van der Waals surface area (Å²) in [7, 11) is 0. The Morgan fingerprint density at radius 1 is 0.970 bits per heavy atom. The lowest BCUT2D eigenvalue weighted by molar-refractivity contribution is -0.131. The fraction of sp³-hybridized carbons (Fsp3) is 0.192. The normalized spacial score (nSPS) is 15.4. The second-order valence-corrected chi connectivity index (χ2v) is 8.01. The summed E-state index contributed by atoms with van der Waals surface area (Å²) in [4.78, 5) is 33.1. The zero-order valence-electron chi connectivity index (χ0n) is 18.1. The van der Waals surface area contributed by atoms with Crippen LogP contribution >= 0.6 is 0 Å². The molecule has 164 valence electrons. The molecule has 1 aliphatic rings. The van der Waals surface area contributed by atoms with Gasteiger partial charge >= 0.3 is 0 Å². The van der Waals surface area contributed by atoms with Crippen molar-refractivity contribution in [3.05, 3.63) is 96.8 Å². The number of pyridine rings is 2. The van der Waals surface area contributed by atoms with Crippen molar-refractivity contribution in [2.75, 3.05) is 11.9 Å². The summed E-state index contributed by atoms with van der Waals surface area (Å²) in [6, 6.07) is 19.3. The summed E-state index contributed by atoms with van der Waals surface area (Å²) < 4.78 is 0. The number of anilines is 2. The second-order valence-electron chi connectivity index (χ2n) is 8.01. The summed E-state index contributed by atoms with van der Waals surface area (Å²) in [6.45, 7) is 0.700. The predicted molar refractivity (Wildman–Crippen MR) is 127 cm³/mol. The van der Waals surface area contributed by atoms with Gasteiger partial charge in [-0.05, 0) is 48.7 Å². The van der Waals surface area contributed by atoms with E-state index in [9.17, 15) is 4.79 Å². The molecule has 1 amide bonds. The highest BCUT2D eigenvalue weighted by Gasteiger charge is 2.32. The van der Waals surface area contributed by atoms with Crippen molar-refractivity contribution in [2.24, 2.45) is 0 Å². The van der Waals surface area contributed by atoms with Gasteiger partial charge in [-0.15, -0.1) is 0 Å². The second kappa shape index (κ2) is 9.56. The minimum absolute atomic E-state index is 0.0680. The summed E-state index contributed by atoms with van der Waals surface area (Å²) in [5.41, 5.74) is 3.53. The average Bonchev–Trinajstić information content (AvgIpc) is 3.36. The third-order valence-electron chi connectivity index (χ3n) is 5.70. The highest BCUT2D eigenvalue weighted by Crippen LogP contribution is 2.33. The molecule has 1 N–H and O–H groups in total. The van der Waals surface area contributed by atoms with Crippen LogP contribution in [-0.2, 0) is 11.2 Å². The lowest BCUT2D eigenvalue weighted by Crippen LogP contribution is -2.32. The Morgan fingerprint density at radius 3 is 2.55 bits per heavy atom. The molecule has 5 rings (SSSR count). The van der Waals surface area contributed by atoms with Gasteiger partial charge in [-0.3, -0.25) is 14.8 Å². The number of rotatable bonds is 6. The quantitative estimate of drug-likeness (QED) is 0.476. The molecule has 0 saturated carbocycles. The standard InChI is InChI=1S/C26H24N6O/c33-25(15-19-7-4-12-27-17-19)32-14-6-11-23(32)26-30-22(20-8-5-13-28-18-20)16-24(31-26)29-21-9-2-1-3-10-21/h1-5,7-10,12-13,16-18,23H,6,11,14-15H2,(H,29,30,31)/t23-/m0/s1. The lowest BCUT2D eigenvalue weighted by atomic mass is 10.1. The highest BCUT2D eigenvalue weighted by atomic mass is 16.2. The largest absolute Gasteiger partial charge is 0.340 e. The van der Waals surface area contributed by atoms with Crippen LogP contribution in [0.25, 0.3) is 11.3 Å². The first-order valence-corrected chi connectivity index (χ1v) is 11.1. The maximum absolute atomic E-state index is 13.1. The molecule has 1 aromatic carbocycles. The number of nitrogens with one attached hydrogen (secondary N) is 1. The first-order valence-electron chi connectivity index (χ1n) is 11.1. The first-order chi connectivity index (χ1) is 16.3. The molecule has 7 nitrogen and oxygen atoms in total. The Hall–Kier alpha value is -4.13. The molecule has 0 aliphatic carbocycles. The molecule has 1 fully saturated rings. The Balaban J connectivity index is 1.47. The van der Waals surface area contributed by atoms with Crippen molar-refractivity contribution >= 4 is 17.4 Å². The molecule has 4 heterocycles. The van der Waals surface area contributed by atoms with Gasteiger partial charge in [0.2, 0.25) is 5.91 Å². The molecule has 0 unspecified atom stereocenters. The molecule has 1 saturated heterocycles. The monoisotopic (exact) mass is 436 g/mol. The number of likely N-dealkylation sites (tertiary alicyclic amines) is 1. The number of carbonyl (C=O) groups excluding carboxylic acids is 1. The smallest absolute Gasteiger partial charge is 0.227 e. The number of amides is 1. The van der Waals surface area contributed by atoms with Gasteiger partial charge in [0.05, 0.1) is 18.2 Å². The third kappa shape index (κ3) is 4.87. The van der Waals surface area contributed by atoms with E-state index < -0.39 is 0 Å². The fourth-order valence-electron chi connectivity index (χ4n) is 4.12. The molecule has 0 spiro atoms. The molecule has 3 aromatic heterocycles. The number of aromatic nitrogens is 4. The molecule has 1 aliphatic heterocycles. The number of hydrogen-bond acceptors (Lipinski definition) is 6. The van der Waals surface area contributed by atoms with E-state index in [1.807, 2.05) is 65.6 Å². The van der Waals surface area contributed by atoms with Crippen LogP contribution in [0.2, 0.25) is 0 Å². The molecule has 1 atom stereocenters. The summed E-state index contributed by atoms with van der Waals surface area (Å²) in [5, 5.41) is 3.38. The maximum atomic E-state index is 13.1. The van der Waals surface area contributed by atoms with Gasteiger partial charge in [-0.2, -0.15) is 0 Å². The van der Waals surface area contributed by atoms with Crippen molar-refractivity contribution in [3.8, 4) is 11.3 Å². The zero-order valence-corrected chi connectivity index (χ0v) is 18.1. The van der Waals surface area contributed by atoms with Gasteiger partial charge in [0.25, 0.3) is 0 Å². The summed E-state index contributed by atoms with van der Waals surface area (Å²) in [5.74, 6) is 1.40.